The number of hydrogen-bond acceptors (Lipinski definition) is 4. The van der Waals surface area contributed by atoms with Crippen LogP contribution in [-0.4, -0.2) is 19.0 Å². The summed E-state index contributed by atoms with van der Waals surface area (Å²) in [6.45, 7) is 1.96. The van der Waals surface area contributed by atoms with E-state index in [9.17, 15) is 4.79 Å². The lowest BCUT2D eigenvalue weighted by molar-refractivity contribution is -0.130. The summed E-state index contributed by atoms with van der Waals surface area (Å²) in [5, 5.41) is 0. The Morgan fingerprint density at radius 2 is 1.92 bits per heavy atom. The number of ether oxygens (including phenoxy) is 2. The largest absolute Gasteiger partial charge is 0.496 e. The Bertz CT molecular complexity index is 807. The molecule has 1 aliphatic rings. The normalized spacial score (nSPS) is 15.3. The van der Waals surface area contributed by atoms with Crippen molar-refractivity contribution in [1.82, 2.24) is 0 Å². The molecule has 0 N–H and O–H groups in total. The number of methoxy groups -OCH3 is 1. The molecule has 0 fully saturated rings. The van der Waals surface area contributed by atoms with Crippen LogP contribution in [0.4, 0.5) is 0 Å². The molecule has 0 amide bonds. The maximum Gasteiger partial charge on any atom is 0.363 e. The molecule has 0 bridgehead atoms. The van der Waals surface area contributed by atoms with E-state index in [0.29, 0.717) is 18.0 Å². The molecule has 1 heterocycles. The van der Waals surface area contributed by atoms with Crippen LogP contribution >= 0.6 is 0 Å². The van der Waals surface area contributed by atoms with Crippen molar-refractivity contribution >= 4 is 17.9 Å². The van der Waals surface area contributed by atoms with Gasteiger partial charge in [0, 0.05) is 6.42 Å². The van der Waals surface area contributed by atoms with E-state index in [2.05, 4.69) is 4.99 Å². The average Bonchev–Trinajstić information content (AvgIpc) is 2.94. The van der Waals surface area contributed by atoms with Crippen molar-refractivity contribution in [1.29, 1.82) is 0 Å². The minimum Gasteiger partial charge on any atom is -0.496 e. The van der Waals surface area contributed by atoms with Gasteiger partial charge in [0.05, 0.1) is 7.11 Å². The molecule has 0 unspecified atom stereocenters. The van der Waals surface area contributed by atoms with Gasteiger partial charge in [0.15, 0.2) is 11.6 Å². The zero-order valence-electron chi connectivity index (χ0n) is 13.8. The first-order valence-electron chi connectivity index (χ1n) is 7.86. The van der Waals surface area contributed by atoms with Gasteiger partial charge in [-0.15, -0.1) is 0 Å². The van der Waals surface area contributed by atoms with Gasteiger partial charge >= 0.3 is 5.97 Å². The summed E-state index contributed by atoms with van der Waals surface area (Å²) < 4.78 is 10.5. The molecule has 0 radical (unpaired) electrons. The summed E-state index contributed by atoms with van der Waals surface area (Å²) in [7, 11) is 1.64. The number of nitrogens with zero attached hydrogens (tertiary/aromatic N) is 1. The average molecular weight is 321 g/mol. The Morgan fingerprint density at radius 1 is 1.12 bits per heavy atom. The highest BCUT2D eigenvalue weighted by atomic mass is 16.6. The van der Waals surface area contributed by atoms with Crippen LogP contribution < -0.4 is 4.74 Å². The van der Waals surface area contributed by atoms with Crippen molar-refractivity contribution in [2.24, 2.45) is 4.99 Å². The van der Waals surface area contributed by atoms with Crippen LogP contribution in [0.2, 0.25) is 0 Å². The number of carbonyl (C=O) groups excluding carboxylic acids is 1. The Hall–Kier alpha value is -2.88. The number of hydrogen-bond donors (Lipinski definition) is 0. The number of carbonyl (C=O) groups is 1. The molecule has 4 heteroatoms. The zero-order valence-corrected chi connectivity index (χ0v) is 13.8. The first kappa shape index (κ1) is 16.0. The van der Waals surface area contributed by atoms with Crippen LogP contribution in [-0.2, 0) is 16.0 Å². The van der Waals surface area contributed by atoms with E-state index in [1.807, 2.05) is 55.5 Å². The second kappa shape index (κ2) is 7.13. The smallest absolute Gasteiger partial charge is 0.363 e. The summed E-state index contributed by atoms with van der Waals surface area (Å²) in [5.41, 5.74) is 3.43. The number of aliphatic imine (C=N–C) groups is 1. The lowest BCUT2D eigenvalue weighted by Gasteiger charge is -2.04. The second-order valence-electron chi connectivity index (χ2n) is 5.64. The molecule has 0 aromatic heterocycles. The fraction of sp³-hybridized carbons (Fsp3) is 0.200. The first-order chi connectivity index (χ1) is 11.7. The molecule has 0 saturated heterocycles. The van der Waals surface area contributed by atoms with E-state index in [1.54, 1.807) is 13.2 Å². The molecule has 4 nitrogen and oxygen atoms in total. The third-order valence-corrected chi connectivity index (χ3v) is 3.86. The van der Waals surface area contributed by atoms with Crippen molar-refractivity contribution in [3.8, 4) is 5.75 Å². The monoisotopic (exact) mass is 321 g/mol. The lowest BCUT2D eigenvalue weighted by atomic mass is 10.1. The predicted molar refractivity (Wildman–Crippen MR) is 94.0 cm³/mol. The Balaban J connectivity index is 1.72. The third-order valence-electron chi connectivity index (χ3n) is 3.86. The van der Waals surface area contributed by atoms with E-state index < -0.39 is 5.97 Å². The van der Waals surface area contributed by atoms with Crippen LogP contribution in [0.15, 0.2) is 59.2 Å². The molecule has 24 heavy (non-hydrogen) atoms. The van der Waals surface area contributed by atoms with E-state index in [4.69, 9.17) is 9.47 Å². The van der Waals surface area contributed by atoms with Gasteiger partial charge in [0.25, 0.3) is 0 Å². The minimum absolute atomic E-state index is 0.336. The van der Waals surface area contributed by atoms with Gasteiger partial charge in [0.2, 0.25) is 0 Å². The molecule has 0 spiro atoms. The van der Waals surface area contributed by atoms with E-state index in [0.717, 1.165) is 23.3 Å². The van der Waals surface area contributed by atoms with Gasteiger partial charge < -0.3 is 9.47 Å². The summed E-state index contributed by atoms with van der Waals surface area (Å²) in [5.74, 6) is 0.894. The standard InChI is InChI=1S/C20H19NO3/c1-14-12-16(8-10-18(14)23-2)13-17-20(22)24-19(21-17)11-9-15-6-4-3-5-7-15/h3-8,10,12-13H,9,11H2,1-2H3/b17-13+. The molecular formula is C20H19NO3. The minimum atomic E-state index is -0.397. The maximum absolute atomic E-state index is 12.0. The van der Waals surface area contributed by atoms with Gasteiger partial charge in [0.1, 0.15) is 5.75 Å². The van der Waals surface area contributed by atoms with Gasteiger partial charge in [-0.05, 0) is 48.2 Å². The molecule has 0 saturated carbocycles. The fourth-order valence-corrected chi connectivity index (χ4v) is 2.61. The SMILES string of the molecule is COc1ccc(/C=C2/N=C(CCc3ccccc3)OC2=O)cc1C. The Morgan fingerprint density at radius 3 is 2.62 bits per heavy atom. The summed E-state index contributed by atoms with van der Waals surface area (Å²) in [6, 6.07) is 15.8. The third kappa shape index (κ3) is 3.71. The highest BCUT2D eigenvalue weighted by Crippen LogP contribution is 2.22. The number of esters is 1. The number of rotatable bonds is 5. The van der Waals surface area contributed by atoms with Crippen molar-refractivity contribution in [2.45, 2.75) is 19.8 Å². The lowest BCUT2D eigenvalue weighted by Crippen LogP contribution is -2.05. The van der Waals surface area contributed by atoms with Gasteiger partial charge in [-0.25, -0.2) is 9.79 Å². The molecule has 1 aliphatic heterocycles. The number of benzene rings is 2. The molecule has 122 valence electrons. The van der Waals surface area contributed by atoms with Crippen molar-refractivity contribution in [3.05, 3.63) is 70.9 Å². The van der Waals surface area contributed by atoms with Crippen LogP contribution in [0.5, 0.6) is 5.75 Å². The molecule has 0 aliphatic carbocycles. The molecule has 3 rings (SSSR count). The van der Waals surface area contributed by atoms with Crippen molar-refractivity contribution in [2.75, 3.05) is 7.11 Å². The van der Waals surface area contributed by atoms with Crippen molar-refractivity contribution < 1.29 is 14.3 Å². The number of cyclic esters (lactones) is 1. The maximum atomic E-state index is 12.0. The predicted octanol–water partition coefficient (Wildman–Crippen LogP) is 3.93. The van der Waals surface area contributed by atoms with Crippen molar-refractivity contribution in [3.63, 3.8) is 0 Å². The molecule has 2 aromatic rings. The zero-order chi connectivity index (χ0) is 16.9. The quantitative estimate of drug-likeness (QED) is 0.619. The second-order valence-corrected chi connectivity index (χ2v) is 5.64. The van der Waals surface area contributed by atoms with Gasteiger partial charge in [-0.1, -0.05) is 36.4 Å². The van der Waals surface area contributed by atoms with Crippen LogP contribution in [0.3, 0.4) is 0 Å². The summed E-state index contributed by atoms with van der Waals surface area (Å²) in [6.07, 6.45) is 3.14. The highest BCUT2D eigenvalue weighted by Gasteiger charge is 2.22. The Kier molecular flexibility index (Phi) is 4.75. The van der Waals surface area contributed by atoms with E-state index >= 15 is 0 Å². The van der Waals surface area contributed by atoms with Crippen LogP contribution in [0, 0.1) is 6.92 Å². The molecule has 0 atom stereocenters. The van der Waals surface area contributed by atoms with Crippen LogP contribution in [0.25, 0.3) is 6.08 Å². The summed E-state index contributed by atoms with van der Waals surface area (Å²) in [4.78, 5) is 16.3. The number of aryl methyl sites for hydroxylation is 2. The van der Waals surface area contributed by atoms with Gasteiger partial charge in [-0.3, -0.25) is 0 Å². The fourth-order valence-electron chi connectivity index (χ4n) is 2.61. The first-order valence-corrected chi connectivity index (χ1v) is 7.86. The molecular weight excluding hydrogens is 302 g/mol. The van der Waals surface area contributed by atoms with Gasteiger partial charge in [-0.2, -0.15) is 0 Å². The van der Waals surface area contributed by atoms with Crippen LogP contribution in [0.1, 0.15) is 23.1 Å². The topological polar surface area (TPSA) is 47.9 Å². The Labute approximate surface area is 141 Å². The summed E-state index contributed by atoms with van der Waals surface area (Å²) >= 11 is 0. The van der Waals surface area contributed by atoms with E-state index in [-0.39, 0.29) is 0 Å². The highest BCUT2D eigenvalue weighted by molar-refractivity contribution is 6.07. The molecule has 2 aromatic carbocycles. The van der Waals surface area contributed by atoms with E-state index in [1.165, 1.54) is 5.56 Å².